The van der Waals surface area contributed by atoms with Gasteiger partial charge in [-0.3, -0.25) is 0 Å². The molecular weight excluding hydrogens is 179 g/mol. The van der Waals surface area contributed by atoms with Crippen LogP contribution in [0.4, 0.5) is 10.1 Å². The Balaban J connectivity index is 2.34. The van der Waals surface area contributed by atoms with Crippen LogP contribution in [0, 0.1) is 5.82 Å². The third-order valence-corrected chi connectivity index (χ3v) is 2.61. The monoisotopic (exact) mass is 194 g/mol. The lowest BCUT2D eigenvalue weighted by Crippen LogP contribution is -2.28. The van der Waals surface area contributed by atoms with Crippen molar-refractivity contribution in [2.75, 3.05) is 18.4 Å². The number of halogens is 1. The fraction of sp³-hybridized carbons (Fsp3) is 0.455. The predicted octanol–water partition coefficient (Wildman–Crippen LogP) is 2.29. The Morgan fingerprint density at radius 1 is 1.57 bits per heavy atom. The molecule has 1 aromatic rings. The van der Waals surface area contributed by atoms with Gasteiger partial charge in [-0.1, -0.05) is 19.1 Å². The zero-order valence-corrected chi connectivity index (χ0v) is 8.31. The SMILES string of the molecule is CCNC1CCNc2c(F)cccc21. The Labute approximate surface area is 83.5 Å². The highest BCUT2D eigenvalue weighted by molar-refractivity contribution is 5.55. The average Bonchev–Trinajstić information content (AvgIpc) is 2.20. The second-order valence-corrected chi connectivity index (χ2v) is 3.53. The zero-order chi connectivity index (χ0) is 9.97. The lowest BCUT2D eigenvalue weighted by Gasteiger charge is -2.27. The number of hydrogen-bond acceptors (Lipinski definition) is 2. The molecule has 0 fully saturated rings. The van der Waals surface area contributed by atoms with Gasteiger partial charge in [-0.2, -0.15) is 0 Å². The van der Waals surface area contributed by atoms with Crippen molar-refractivity contribution in [3.8, 4) is 0 Å². The molecule has 1 aliphatic rings. The first kappa shape index (κ1) is 9.46. The van der Waals surface area contributed by atoms with Gasteiger partial charge < -0.3 is 10.6 Å². The van der Waals surface area contributed by atoms with E-state index in [0.29, 0.717) is 11.7 Å². The van der Waals surface area contributed by atoms with Crippen molar-refractivity contribution >= 4 is 5.69 Å². The first-order valence-electron chi connectivity index (χ1n) is 5.08. The van der Waals surface area contributed by atoms with E-state index >= 15 is 0 Å². The molecule has 0 spiro atoms. The fourth-order valence-corrected chi connectivity index (χ4v) is 1.97. The van der Waals surface area contributed by atoms with Crippen LogP contribution >= 0.6 is 0 Å². The summed E-state index contributed by atoms with van der Waals surface area (Å²) in [5.74, 6) is -0.148. The summed E-state index contributed by atoms with van der Waals surface area (Å²) >= 11 is 0. The lowest BCUT2D eigenvalue weighted by molar-refractivity contribution is 0.509. The van der Waals surface area contributed by atoms with Gasteiger partial charge in [-0.15, -0.1) is 0 Å². The number of nitrogens with one attached hydrogen (secondary N) is 2. The highest BCUT2D eigenvalue weighted by Crippen LogP contribution is 2.31. The van der Waals surface area contributed by atoms with Crippen LogP contribution in [-0.4, -0.2) is 13.1 Å². The van der Waals surface area contributed by atoms with Crippen LogP contribution in [0.5, 0.6) is 0 Å². The number of benzene rings is 1. The third kappa shape index (κ3) is 1.60. The van der Waals surface area contributed by atoms with E-state index in [1.54, 1.807) is 6.07 Å². The summed E-state index contributed by atoms with van der Waals surface area (Å²) in [6.07, 6.45) is 1.02. The topological polar surface area (TPSA) is 24.1 Å². The van der Waals surface area contributed by atoms with E-state index in [1.807, 2.05) is 6.07 Å². The number of fused-ring (bicyclic) bond motifs is 1. The summed E-state index contributed by atoms with van der Waals surface area (Å²) in [6.45, 7) is 3.83. The lowest BCUT2D eigenvalue weighted by atomic mass is 9.97. The van der Waals surface area contributed by atoms with Gasteiger partial charge in [-0.05, 0) is 24.6 Å². The Hall–Kier alpha value is -1.09. The molecule has 1 aromatic carbocycles. The highest BCUT2D eigenvalue weighted by atomic mass is 19.1. The Bertz CT molecular complexity index is 325. The van der Waals surface area contributed by atoms with Gasteiger partial charge in [0.15, 0.2) is 0 Å². The minimum absolute atomic E-state index is 0.148. The van der Waals surface area contributed by atoms with Crippen LogP contribution in [0.3, 0.4) is 0 Å². The standard InChI is InChI=1S/C11H15FN2/c1-2-13-10-6-7-14-11-8(10)4-3-5-9(11)12/h3-5,10,13-14H,2,6-7H2,1H3. The summed E-state index contributed by atoms with van der Waals surface area (Å²) < 4.78 is 13.4. The summed E-state index contributed by atoms with van der Waals surface area (Å²) in [4.78, 5) is 0. The molecule has 0 amide bonds. The van der Waals surface area contributed by atoms with Crippen molar-refractivity contribution in [1.29, 1.82) is 0 Å². The maximum atomic E-state index is 13.4. The summed E-state index contributed by atoms with van der Waals surface area (Å²) in [5, 5.41) is 6.47. The van der Waals surface area contributed by atoms with Crippen LogP contribution in [0.1, 0.15) is 24.9 Å². The van der Waals surface area contributed by atoms with E-state index in [0.717, 1.165) is 25.1 Å². The molecular formula is C11H15FN2. The van der Waals surface area contributed by atoms with Gasteiger partial charge in [0.25, 0.3) is 0 Å². The fourth-order valence-electron chi connectivity index (χ4n) is 1.97. The molecule has 76 valence electrons. The van der Waals surface area contributed by atoms with Gasteiger partial charge in [-0.25, -0.2) is 4.39 Å². The van der Waals surface area contributed by atoms with Crippen LogP contribution in [-0.2, 0) is 0 Å². The normalized spacial score (nSPS) is 20.0. The summed E-state index contributed by atoms with van der Waals surface area (Å²) in [5.41, 5.74) is 1.72. The minimum Gasteiger partial charge on any atom is -0.382 e. The van der Waals surface area contributed by atoms with E-state index < -0.39 is 0 Å². The first-order valence-corrected chi connectivity index (χ1v) is 5.08. The molecule has 1 heterocycles. The van der Waals surface area contributed by atoms with Crippen LogP contribution < -0.4 is 10.6 Å². The van der Waals surface area contributed by atoms with Gasteiger partial charge in [0.1, 0.15) is 5.82 Å². The van der Waals surface area contributed by atoms with Crippen molar-refractivity contribution in [2.45, 2.75) is 19.4 Å². The Kier molecular flexibility index (Phi) is 2.68. The molecule has 1 unspecified atom stereocenters. The Morgan fingerprint density at radius 3 is 3.21 bits per heavy atom. The van der Waals surface area contributed by atoms with Crippen molar-refractivity contribution in [2.24, 2.45) is 0 Å². The minimum atomic E-state index is -0.148. The van der Waals surface area contributed by atoms with Gasteiger partial charge in [0, 0.05) is 12.6 Å². The second kappa shape index (κ2) is 3.96. The van der Waals surface area contributed by atoms with Crippen LogP contribution in [0.15, 0.2) is 18.2 Å². The van der Waals surface area contributed by atoms with Crippen LogP contribution in [0.2, 0.25) is 0 Å². The van der Waals surface area contributed by atoms with Crippen LogP contribution in [0.25, 0.3) is 0 Å². The first-order chi connectivity index (χ1) is 6.83. The summed E-state index contributed by atoms with van der Waals surface area (Å²) in [6, 6.07) is 5.55. The van der Waals surface area contributed by atoms with Crippen molar-refractivity contribution in [3.05, 3.63) is 29.6 Å². The number of rotatable bonds is 2. The number of anilines is 1. The van der Waals surface area contributed by atoms with Crippen molar-refractivity contribution in [1.82, 2.24) is 5.32 Å². The van der Waals surface area contributed by atoms with Crippen molar-refractivity contribution < 1.29 is 4.39 Å². The highest BCUT2D eigenvalue weighted by Gasteiger charge is 2.20. The largest absolute Gasteiger partial charge is 0.382 e. The average molecular weight is 194 g/mol. The molecule has 0 bridgehead atoms. The molecule has 0 aliphatic carbocycles. The smallest absolute Gasteiger partial charge is 0.146 e. The zero-order valence-electron chi connectivity index (χ0n) is 8.31. The van der Waals surface area contributed by atoms with E-state index in [4.69, 9.17) is 0 Å². The van der Waals surface area contributed by atoms with Gasteiger partial charge in [0.2, 0.25) is 0 Å². The molecule has 2 nitrogen and oxygen atoms in total. The summed E-state index contributed by atoms with van der Waals surface area (Å²) in [7, 11) is 0. The molecule has 2 N–H and O–H groups in total. The van der Waals surface area contributed by atoms with Crippen molar-refractivity contribution in [3.63, 3.8) is 0 Å². The molecule has 1 atom stereocenters. The maximum Gasteiger partial charge on any atom is 0.146 e. The Morgan fingerprint density at radius 2 is 2.43 bits per heavy atom. The van der Waals surface area contributed by atoms with Gasteiger partial charge in [0.05, 0.1) is 5.69 Å². The van der Waals surface area contributed by atoms with E-state index in [9.17, 15) is 4.39 Å². The molecule has 1 aliphatic heterocycles. The molecule has 2 rings (SSSR count). The van der Waals surface area contributed by atoms with E-state index in [-0.39, 0.29) is 5.82 Å². The molecule has 14 heavy (non-hydrogen) atoms. The molecule has 0 saturated heterocycles. The molecule has 0 saturated carbocycles. The quantitative estimate of drug-likeness (QED) is 0.754. The molecule has 3 heteroatoms. The number of hydrogen-bond donors (Lipinski definition) is 2. The second-order valence-electron chi connectivity index (χ2n) is 3.53. The molecule has 0 aromatic heterocycles. The maximum absolute atomic E-state index is 13.4. The van der Waals surface area contributed by atoms with E-state index in [1.165, 1.54) is 6.07 Å². The molecule has 0 radical (unpaired) electrons. The third-order valence-electron chi connectivity index (χ3n) is 2.61. The number of para-hydroxylation sites is 1. The van der Waals surface area contributed by atoms with Gasteiger partial charge >= 0.3 is 0 Å². The van der Waals surface area contributed by atoms with E-state index in [2.05, 4.69) is 17.6 Å². The predicted molar refractivity (Wildman–Crippen MR) is 55.9 cm³/mol.